The van der Waals surface area contributed by atoms with Crippen LogP contribution in [0, 0.1) is 0 Å². The number of carbonyl (C=O) groups excluding carboxylic acids is 1. The molecule has 1 N–H and O–H groups in total. The van der Waals surface area contributed by atoms with Gasteiger partial charge in [-0.3, -0.25) is 4.79 Å². The van der Waals surface area contributed by atoms with Crippen LogP contribution in [0.25, 0.3) is 0 Å². The molecular weight excluding hydrogens is 272 g/mol. The predicted molar refractivity (Wildman–Crippen MR) is 91.8 cm³/mol. The highest BCUT2D eigenvalue weighted by molar-refractivity contribution is 6.07. The van der Waals surface area contributed by atoms with Crippen LogP contribution in [0.1, 0.15) is 44.6 Å². The van der Waals surface area contributed by atoms with Crippen molar-refractivity contribution < 1.29 is 4.79 Å². The summed E-state index contributed by atoms with van der Waals surface area (Å²) in [5.41, 5.74) is 0.661. The Hall–Kier alpha value is -2.16. The zero-order chi connectivity index (χ0) is 15.8. The van der Waals surface area contributed by atoms with E-state index >= 15 is 0 Å². The lowest BCUT2D eigenvalue weighted by molar-refractivity contribution is -0.126. The minimum absolute atomic E-state index is 0.0390. The van der Waals surface area contributed by atoms with E-state index in [1.165, 1.54) is 12.6 Å². The maximum Gasteiger partial charge on any atom is 0.236 e. The molecule has 1 saturated carbocycles. The molecule has 0 unspecified atom stereocenters. The van der Waals surface area contributed by atoms with E-state index in [0.717, 1.165) is 31.2 Å². The first-order valence-electron chi connectivity index (χ1n) is 7.91. The number of carbonyl (C=O) groups is 1. The van der Waals surface area contributed by atoms with Gasteiger partial charge >= 0.3 is 0 Å². The second-order valence-electron chi connectivity index (χ2n) is 5.66. The number of allylic oxidation sites excluding steroid dienone is 1. The third-order valence-corrected chi connectivity index (χ3v) is 4.26. The second-order valence-corrected chi connectivity index (χ2v) is 5.66. The Kier molecular flexibility index (Phi) is 5.70. The van der Waals surface area contributed by atoms with Gasteiger partial charge in [0.05, 0.1) is 5.41 Å². The molecule has 0 atom stereocenters. The van der Waals surface area contributed by atoms with Gasteiger partial charge < -0.3 is 5.32 Å². The van der Waals surface area contributed by atoms with Gasteiger partial charge in [0.1, 0.15) is 5.84 Å². The number of aliphatic imine (C=N–C) groups is 1. The summed E-state index contributed by atoms with van der Waals surface area (Å²) in [6.45, 7) is 5.51. The minimum Gasteiger partial charge on any atom is -0.310 e. The van der Waals surface area contributed by atoms with Crippen LogP contribution in [0.2, 0.25) is 0 Å². The molecule has 116 valence electrons. The van der Waals surface area contributed by atoms with Crippen molar-refractivity contribution in [2.24, 2.45) is 4.99 Å². The number of nitrogens with one attached hydrogen (secondary N) is 1. The van der Waals surface area contributed by atoms with Crippen LogP contribution < -0.4 is 5.32 Å². The summed E-state index contributed by atoms with van der Waals surface area (Å²) in [5.74, 6) is 0.584. The highest BCUT2D eigenvalue weighted by Gasteiger charge is 2.41. The van der Waals surface area contributed by atoms with Gasteiger partial charge in [-0.2, -0.15) is 0 Å². The van der Waals surface area contributed by atoms with Crippen molar-refractivity contribution in [1.82, 2.24) is 5.32 Å². The second kappa shape index (κ2) is 7.74. The van der Waals surface area contributed by atoms with E-state index in [9.17, 15) is 4.79 Å². The van der Waals surface area contributed by atoms with E-state index in [-0.39, 0.29) is 5.91 Å². The summed E-state index contributed by atoms with van der Waals surface area (Å²) >= 11 is 0. The van der Waals surface area contributed by atoms with Crippen LogP contribution >= 0.6 is 0 Å². The summed E-state index contributed by atoms with van der Waals surface area (Å²) in [5, 5.41) is 2.98. The molecule has 22 heavy (non-hydrogen) atoms. The van der Waals surface area contributed by atoms with Gasteiger partial charge in [0.15, 0.2) is 0 Å². The van der Waals surface area contributed by atoms with Gasteiger partial charge in [-0.1, -0.05) is 62.2 Å². The number of hydrogen-bond donors (Lipinski definition) is 1. The highest BCUT2D eigenvalue weighted by Crippen LogP contribution is 2.39. The molecule has 0 aliphatic heterocycles. The summed E-state index contributed by atoms with van der Waals surface area (Å²) in [7, 11) is 0. The zero-order valence-electron chi connectivity index (χ0n) is 13.2. The lowest BCUT2D eigenvalue weighted by atomic mass is 9.68. The van der Waals surface area contributed by atoms with E-state index in [0.29, 0.717) is 5.84 Å². The zero-order valence-corrected chi connectivity index (χ0v) is 13.2. The number of nitrogens with zero attached hydrogens (tertiary/aromatic N) is 1. The highest BCUT2D eigenvalue weighted by atomic mass is 16.2. The molecule has 1 fully saturated rings. The SMILES string of the molecule is C=C/N=C(\C=C/C)NC(=O)C1(c2ccccc2)CCCCC1. The Bertz CT molecular complexity index is 566. The van der Waals surface area contributed by atoms with E-state index in [1.807, 2.05) is 31.2 Å². The van der Waals surface area contributed by atoms with Crippen LogP contribution in [0.15, 0.2) is 60.3 Å². The molecule has 0 heterocycles. The summed E-state index contributed by atoms with van der Waals surface area (Å²) < 4.78 is 0. The summed E-state index contributed by atoms with van der Waals surface area (Å²) in [6, 6.07) is 10.1. The number of amides is 1. The minimum atomic E-state index is -0.441. The molecule has 1 amide bonds. The lowest BCUT2D eigenvalue weighted by Crippen LogP contribution is -2.47. The van der Waals surface area contributed by atoms with E-state index in [2.05, 4.69) is 29.0 Å². The lowest BCUT2D eigenvalue weighted by Gasteiger charge is -2.36. The summed E-state index contributed by atoms with van der Waals surface area (Å²) in [6.07, 6.45) is 10.2. The fraction of sp³-hybridized carbons (Fsp3) is 0.368. The molecule has 0 saturated heterocycles. The third-order valence-electron chi connectivity index (χ3n) is 4.26. The monoisotopic (exact) mass is 296 g/mol. The smallest absolute Gasteiger partial charge is 0.236 e. The Balaban J connectivity index is 2.31. The summed E-state index contributed by atoms with van der Waals surface area (Å²) in [4.78, 5) is 17.2. The number of rotatable bonds is 4. The molecule has 3 nitrogen and oxygen atoms in total. The van der Waals surface area contributed by atoms with Crippen LogP contribution in [-0.2, 0) is 10.2 Å². The van der Waals surface area contributed by atoms with Gasteiger partial charge in [-0.25, -0.2) is 4.99 Å². The van der Waals surface area contributed by atoms with Crippen LogP contribution in [0.4, 0.5) is 0 Å². The Morgan fingerprint density at radius 1 is 1.23 bits per heavy atom. The third kappa shape index (κ3) is 3.53. The van der Waals surface area contributed by atoms with Crippen LogP contribution in [0.5, 0.6) is 0 Å². The number of hydrogen-bond acceptors (Lipinski definition) is 2. The van der Waals surface area contributed by atoms with E-state index in [1.54, 1.807) is 6.08 Å². The maximum absolute atomic E-state index is 13.0. The molecule has 0 radical (unpaired) electrons. The normalized spacial score (nSPS) is 18.1. The van der Waals surface area contributed by atoms with Gasteiger partial charge in [0.25, 0.3) is 0 Å². The average Bonchev–Trinajstić information content (AvgIpc) is 2.56. The first-order chi connectivity index (χ1) is 10.7. The number of amidine groups is 1. The Labute approximate surface area is 132 Å². The molecule has 3 heteroatoms. The molecule has 0 bridgehead atoms. The molecule has 1 aliphatic rings. The van der Waals surface area contributed by atoms with Crippen molar-refractivity contribution in [3.05, 3.63) is 60.8 Å². The quantitative estimate of drug-likeness (QED) is 0.659. The average molecular weight is 296 g/mol. The fourth-order valence-electron chi connectivity index (χ4n) is 3.17. The molecule has 2 rings (SSSR count). The standard InChI is InChI=1S/C19H24N2O/c1-3-11-17(20-4-2)21-18(22)19(14-9-6-10-15-19)16-12-7-5-8-13-16/h3-5,7-8,11-13H,2,6,9-10,14-15H2,1H3,(H,20,21,22)/b11-3-. The molecule has 1 aromatic rings. The van der Waals surface area contributed by atoms with Crippen LogP contribution in [-0.4, -0.2) is 11.7 Å². The predicted octanol–water partition coefficient (Wildman–Crippen LogP) is 4.12. The van der Waals surface area contributed by atoms with Gasteiger partial charge in [0.2, 0.25) is 5.91 Å². The molecule has 1 aliphatic carbocycles. The Morgan fingerprint density at radius 2 is 1.91 bits per heavy atom. The number of benzene rings is 1. The van der Waals surface area contributed by atoms with Crippen molar-refractivity contribution in [3.63, 3.8) is 0 Å². The van der Waals surface area contributed by atoms with Gasteiger partial charge in [0, 0.05) is 6.20 Å². The van der Waals surface area contributed by atoms with Crippen molar-refractivity contribution in [2.75, 3.05) is 0 Å². The van der Waals surface area contributed by atoms with Crippen molar-refractivity contribution in [3.8, 4) is 0 Å². The molecule has 0 aromatic heterocycles. The van der Waals surface area contributed by atoms with E-state index < -0.39 is 5.41 Å². The van der Waals surface area contributed by atoms with Crippen LogP contribution in [0.3, 0.4) is 0 Å². The maximum atomic E-state index is 13.0. The molecule has 1 aromatic carbocycles. The molecular formula is C19H24N2O. The Morgan fingerprint density at radius 3 is 2.50 bits per heavy atom. The fourth-order valence-corrected chi connectivity index (χ4v) is 3.17. The van der Waals surface area contributed by atoms with E-state index in [4.69, 9.17) is 0 Å². The largest absolute Gasteiger partial charge is 0.310 e. The van der Waals surface area contributed by atoms with Crippen molar-refractivity contribution in [1.29, 1.82) is 0 Å². The topological polar surface area (TPSA) is 41.5 Å². The first kappa shape index (κ1) is 16.2. The first-order valence-corrected chi connectivity index (χ1v) is 7.91. The van der Waals surface area contributed by atoms with Crippen molar-refractivity contribution >= 4 is 11.7 Å². The van der Waals surface area contributed by atoms with Crippen molar-refractivity contribution in [2.45, 2.75) is 44.4 Å². The van der Waals surface area contributed by atoms with Gasteiger partial charge in [-0.15, -0.1) is 0 Å². The van der Waals surface area contributed by atoms with Gasteiger partial charge in [-0.05, 0) is 31.4 Å². The molecule has 0 spiro atoms.